The Hall–Kier alpha value is -3.46. The quantitative estimate of drug-likeness (QED) is 0.754. The van der Waals surface area contributed by atoms with E-state index >= 15 is 0 Å². The summed E-state index contributed by atoms with van der Waals surface area (Å²) in [5.41, 5.74) is 0.490. The molecule has 1 amide bonds. The zero-order valence-electron chi connectivity index (χ0n) is 11.3. The lowest BCUT2D eigenvalue weighted by Crippen LogP contribution is -2.19. The van der Waals surface area contributed by atoms with Gasteiger partial charge in [0.2, 0.25) is 0 Å². The number of fused-ring (bicyclic) bond motifs is 1. The summed E-state index contributed by atoms with van der Waals surface area (Å²) in [4.78, 5) is 24.1. The van der Waals surface area contributed by atoms with Gasteiger partial charge < -0.3 is 5.32 Å². The summed E-state index contributed by atoms with van der Waals surface area (Å²) < 4.78 is 0. The van der Waals surface area contributed by atoms with Gasteiger partial charge in [-0.05, 0) is 18.2 Å². The van der Waals surface area contributed by atoms with E-state index in [-0.39, 0.29) is 11.3 Å². The monoisotopic (exact) mass is 290 g/mol. The molecule has 106 valence electrons. The van der Waals surface area contributed by atoms with Gasteiger partial charge in [0.25, 0.3) is 11.5 Å². The zero-order chi connectivity index (χ0) is 15.5. The molecule has 0 bridgehead atoms. The molecule has 0 saturated carbocycles. The normalized spacial score (nSPS) is 10.1. The van der Waals surface area contributed by atoms with Gasteiger partial charge in [-0.15, -0.1) is 0 Å². The van der Waals surface area contributed by atoms with Crippen LogP contribution in [0.1, 0.15) is 16.1 Å². The Balaban J connectivity index is 2.05. The second-order valence-electron chi connectivity index (χ2n) is 4.56. The van der Waals surface area contributed by atoms with Crippen LogP contribution in [-0.2, 0) is 0 Å². The first kappa shape index (κ1) is 13.5. The van der Waals surface area contributed by atoms with E-state index < -0.39 is 5.91 Å². The molecule has 6 heteroatoms. The van der Waals surface area contributed by atoms with E-state index in [0.29, 0.717) is 22.0 Å². The minimum Gasteiger partial charge on any atom is -0.319 e. The molecule has 1 heterocycles. The second kappa shape index (κ2) is 5.50. The van der Waals surface area contributed by atoms with Crippen molar-refractivity contribution >= 4 is 22.4 Å². The molecule has 22 heavy (non-hydrogen) atoms. The van der Waals surface area contributed by atoms with Crippen LogP contribution in [0.2, 0.25) is 0 Å². The Bertz CT molecular complexity index is 970. The Kier molecular flexibility index (Phi) is 3.38. The lowest BCUT2D eigenvalue weighted by Gasteiger charge is -2.07. The maximum absolute atomic E-state index is 12.4. The van der Waals surface area contributed by atoms with Crippen LogP contribution >= 0.6 is 0 Å². The maximum Gasteiger partial charge on any atom is 0.276 e. The molecule has 1 aromatic heterocycles. The van der Waals surface area contributed by atoms with Crippen LogP contribution in [0.3, 0.4) is 0 Å². The molecule has 0 atom stereocenters. The molecule has 0 aliphatic heterocycles. The summed E-state index contributed by atoms with van der Waals surface area (Å²) in [5.74, 6) is -0.491. The van der Waals surface area contributed by atoms with E-state index in [1.54, 1.807) is 48.5 Å². The Morgan fingerprint density at radius 1 is 1.09 bits per heavy atom. The lowest BCUT2D eigenvalue weighted by molar-refractivity contribution is 0.102. The van der Waals surface area contributed by atoms with Crippen molar-refractivity contribution in [1.82, 2.24) is 10.2 Å². The number of benzene rings is 2. The number of H-pyrrole nitrogens is 1. The van der Waals surface area contributed by atoms with Crippen molar-refractivity contribution in [1.29, 1.82) is 5.26 Å². The van der Waals surface area contributed by atoms with E-state index in [2.05, 4.69) is 15.5 Å². The molecule has 0 spiro atoms. The smallest absolute Gasteiger partial charge is 0.276 e. The minimum absolute atomic E-state index is 0.0999. The van der Waals surface area contributed by atoms with Crippen LogP contribution < -0.4 is 10.9 Å². The van der Waals surface area contributed by atoms with Crippen molar-refractivity contribution in [2.75, 3.05) is 5.32 Å². The average molecular weight is 290 g/mol. The highest BCUT2D eigenvalue weighted by atomic mass is 16.2. The van der Waals surface area contributed by atoms with Crippen molar-refractivity contribution < 1.29 is 4.79 Å². The van der Waals surface area contributed by atoms with Gasteiger partial charge in [-0.3, -0.25) is 9.59 Å². The van der Waals surface area contributed by atoms with Crippen molar-refractivity contribution in [2.24, 2.45) is 0 Å². The van der Waals surface area contributed by atoms with E-state index in [4.69, 9.17) is 5.26 Å². The van der Waals surface area contributed by atoms with E-state index in [1.165, 1.54) is 0 Å². The summed E-state index contributed by atoms with van der Waals surface area (Å²) in [5, 5.41) is 18.7. The van der Waals surface area contributed by atoms with E-state index in [1.807, 2.05) is 6.07 Å². The summed E-state index contributed by atoms with van der Waals surface area (Å²) in [6.45, 7) is 0. The second-order valence-corrected chi connectivity index (χ2v) is 4.56. The number of hydrogen-bond acceptors (Lipinski definition) is 4. The van der Waals surface area contributed by atoms with Crippen LogP contribution in [-0.4, -0.2) is 16.1 Å². The van der Waals surface area contributed by atoms with Gasteiger partial charge in [-0.1, -0.05) is 30.3 Å². The Morgan fingerprint density at radius 2 is 1.77 bits per heavy atom. The molecule has 0 aliphatic carbocycles. The van der Waals surface area contributed by atoms with Gasteiger partial charge in [0.05, 0.1) is 16.6 Å². The van der Waals surface area contributed by atoms with Crippen molar-refractivity contribution in [3.05, 3.63) is 70.1 Å². The van der Waals surface area contributed by atoms with Gasteiger partial charge in [0.15, 0.2) is 5.69 Å². The molecule has 0 saturated heterocycles. The van der Waals surface area contributed by atoms with Crippen LogP contribution in [0.15, 0.2) is 53.3 Å². The van der Waals surface area contributed by atoms with Crippen LogP contribution in [0.4, 0.5) is 5.69 Å². The van der Waals surface area contributed by atoms with Gasteiger partial charge in [-0.2, -0.15) is 10.4 Å². The first-order valence-corrected chi connectivity index (χ1v) is 6.48. The van der Waals surface area contributed by atoms with Crippen LogP contribution in [0, 0.1) is 11.3 Å². The fraction of sp³-hybridized carbons (Fsp3) is 0. The maximum atomic E-state index is 12.4. The molecular weight excluding hydrogens is 280 g/mol. The van der Waals surface area contributed by atoms with Crippen LogP contribution in [0.25, 0.3) is 10.8 Å². The number of nitriles is 1. The largest absolute Gasteiger partial charge is 0.319 e. The standard InChI is InChI=1S/C16H10N4O2/c17-9-10-5-1-4-8-13(10)18-16(22)14-11-6-2-3-7-12(11)15(21)20-19-14/h1-8H,(H,18,22)(H,20,21). The number of carbonyl (C=O) groups is 1. The zero-order valence-corrected chi connectivity index (χ0v) is 11.3. The average Bonchev–Trinajstić information content (AvgIpc) is 2.56. The van der Waals surface area contributed by atoms with Gasteiger partial charge in [-0.25, -0.2) is 5.10 Å². The molecule has 0 unspecified atom stereocenters. The van der Waals surface area contributed by atoms with Gasteiger partial charge >= 0.3 is 0 Å². The van der Waals surface area contributed by atoms with E-state index in [9.17, 15) is 9.59 Å². The topological polar surface area (TPSA) is 98.6 Å². The number of para-hydroxylation sites is 1. The third-order valence-corrected chi connectivity index (χ3v) is 3.21. The number of aromatic nitrogens is 2. The number of nitrogens with one attached hydrogen (secondary N) is 2. The predicted molar refractivity (Wildman–Crippen MR) is 81.5 cm³/mol. The van der Waals surface area contributed by atoms with E-state index in [0.717, 1.165) is 0 Å². The Morgan fingerprint density at radius 3 is 2.55 bits per heavy atom. The Labute approximate surface area is 125 Å². The number of rotatable bonds is 2. The lowest BCUT2D eigenvalue weighted by atomic mass is 10.1. The van der Waals surface area contributed by atoms with Gasteiger partial charge in [0.1, 0.15) is 6.07 Å². The summed E-state index contributed by atoms with van der Waals surface area (Å²) >= 11 is 0. The molecule has 0 radical (unpaired) electrons. The number of hydrogen-bond donors (Lipinski definition) is 2. The first-order valence-electron chi connectivity index (χ1n) is 6.48. The molecule has 0 fully saturated rings. The SMILES string of the molecule is N#Cc1ccccc1NC(=O)c1n[nH]c(=O)c2ccccc12. The highest BCUT2D eigenvalue weighted by molar-refractivity contribution is 6.11. The first-order chi connectivity index (χ1) is 10.7. The number of amides is 1. The fourth-order valence-electron chi connectivity index (χ4n) is 2.16. The van der Waals surface area contributed by atoms with Crippen LogP contribution in [0.5, 0.6) is 0 Å². The third kappa shape index (κ3) is 2.31. The molecule has 0 aliphatic rings. The number of carbonyl (C=O) groups excluding carboxylic acids is 1. The fourth-order valence-corrected chi connectivity index (χ4v) is 2.16. The number of aromatic amines is 1. The van der Waals surface area contributed by atoms with Crippen molar-refractivity contribution in [2.45, 2.75) is 0 Å². The summed E-state index contributed by atoms with van der Waals surface area (Å²) in [6.07, 6.45) is 0. The number of anilines is 1. The highest BCUT2D eigenvalue weighted by Gasteiger charge is 2.15. The molecule has 6 nitrogen and oxygen atoms in total. The minimum atomic E-state index is -0.491. The highest BCUT2D eigenvalue weighted by Crippen LogP contribution is 2.17. The summed E-state index contributed by atoms with van der Waals surface area (Å²) in [6, 6.07) is 15.4. The molecule has 2 aromatic carbocycles. The van der Waals surface area contributed by atoms with Crippen molar-refractivity contribution in [3.8, 4) is 6.07 Å². The molecule has 3 aromatic rings. The molecule has 3 rings (SSSR count). The molecular formula is C16H10N4O2. The van der Waals surface area contributed by atoms with Crippen molar-refractivity contribution in [3.63, 3.8) is 0 Å². The van der Waals surface area contributed by atoms with Gasteiger partial charge in [0, 0.05) is 5.39 Å². The summed E-state index contributed by atoms with van der Waals surface area (Å²) in [7, 11) is 0. The molecule has 2 N–H and O–H groups in total. The number of nitrogens with zero attached hydrogens (tertiary/aromatic N) is 2. The third-order valence-electron chi connectivity index (χ3n) is 3.21. The predicted octanol–water partition coefficient (Wildman–Crippen LogP) is 2.05.